The van der Waals surface area contributed by atoms with Crippen LogP contribution < -0.4 is 0 Å². The molecule has 1 fully saturated rings. The number of aliphatic hydroxyl groups is 2. The fourth-order valence-corrected chi connectivity index (χ4v) is 3.39. The third-order valence-corrected chi connectivity index (χ3v) is 5.01. The molecule has 1 saturated carbocycles. The number of carboxylic acids is 1. The summed E-state index contributed by atoms with van der Waals surface area (Å²) in [5.74, 6) is -1.30. The lowest BCUT2D eigenvalue weighted by molar-refractivity contribution is -0.137. The van der Waals surface area contributed by atoms with Crippen LogP contribution in [0.1, 0.15) is 71.6 Å². The zero-order valence-electron chi connectivity index (χ0n) is 16.1. The van der Waals surface area contributed by atoms with Crippen molar-refractivity contribution in [3.8, 4) is 0 Å². The van der Waals surface area contributed by atoms with Crippen LogP contribution in [-0.4, -0.2) is 38.8 Å². The van der Waals surface area contributed by atoms with Gasteiger partial charge in [-0.05, 0) is 32.6 Å². The first kappa shape index (κ1) is 22.6. The maximum Gasteiger partial charge on any atom is 0.303 e. The van der Waals surface area contributed by atoms with Gasteiger partial charge in [0.15, 0.2) is 0 Å². The maximum absolute atomic E-state index is 12.2. The van der Waals surface area contributed by atoms with Gasteiger partial charge in [0.2, 0.25) is 0 Å². The summed E-state index contributed by atoms with van der Waals surface area (Å²) >= 11 is 0. The highest BCUT2D eigenvalue weighted by molar-refractivity contribution is 5.84. The lowest BCUT2D eigenvalue weighted by Gasteiger charge is -2.21. The molecular weight excluding hydrogens is 332 g/mol. The first-order valence-electron chi connectivity index (χ1n) is 9.76. The van der Waals surface area contributed by atoms with E-state index >= 15 is 0 Å². The summed E-state index contributed by atoms with van der Waals surface area (Å²) in [4.78, 5) is 22.6. The van der Waals surface area contributed by atoms with Crippen molar-refractivity contribution in [2.24, 2.45) is 11.8 Å². The Bertz CT molecular complexity index is 507. The molecular formula is C21H34O5. The van der Waals surface area contributed by atoms with Crippen LogP contribution >= 0.6 is 0 Å². The highest BCUT2D eigenvalue weighted by Gasteiger charge is 2.39. The van der Waals surface area contributed by atoms with E-state index in [1.54, 1.807) is 13.0 Å². The molecule has 0 bridgehead atoms. The summed E-state index contributed by atoms with van der Waals surface area (Å²) in [7, 11) is 0. The number of aliphatic carboxylic acids is 1. The SMILES string of the molecule is CCCCC[C@@](C)(O)/C=C/[C@@H]1[C@H](O)CC(=O)[C@@H]1C/C=C/CCCC(=O)O. The van der Waals surface area contributed by atoms with Crippen molar-refractivity contribution >= 4 is 11.8 Å². The third kappa shape index (κ3) is 8.28. The number of unbranched alkanes of at least 4 members (excludes halogenated alkanes) is 3. The van der Waals surface area contributed by atoms with Gasteiger partial charge >= 0.3 is 5.97 Å². The molecule has 0 aromatic carbocycles. The number of hydrogen-bond acceptors (Lipinski definition) is 4. The molecule has 1 rings (SSSR count). The summed E-state index contributed by atoms with van der Waals surface area (Å²) in [5.41, 5.74) is -0.919. The standard InChI is InChI=1S/C21H34O5/c1-3-4-9-13-21(2,26)14-12-17-16(18(22)15-19(17)23)10-7-5-6-8-11-20(24)25/h5,7,12,14,16-17,19,23,26H,3-4,6,8-11,13,15H2,1-2H3,(H,24,25)/b7-5+,14-12+/t16-,17+,19-,21-/m1/s1. The molecule has 5 nitrogen and oxygen atoms in total. The molecule has 26 heavy (non-hydrogen) atoms. The van der Waals surface area contributed by atoms with E-state index in [9.17, 15) is 19.8 Å². The van der Waals surface area contributed by atoms with Gasteiger partial charge in [-0.2, -0.15) is 0 Å². The number of hydrogen-bond donors (Lipinski definition) is 3. The first-order chi connectivity index (χ1) is 12.3. The zero-order chi connectivity index (χ0) is 19.6. The number of Topliss-reactive ketones (excluding diaryl/α,β-unsaturated/α-hetero) is 1. The van der Waals surface area contributed by atoms with Crippen molar-refractivity contribution in [2.45, 2.75) is 83.3 Å². The van der Waals surface area contributed by atoms with Crippen LogP contribution in [0.25, 0.3) is 0 Å². The lowest BCUT2D eigenvalue weighted by atomic mass is 9.88. The number of carboxylic acid groups (broad SMARTS) is 1. The van der Waals surface area contributed by atoms with Gasteiger partial charge in [0, 0.05) is 24.7 Å². The Hall–Kier alpha value is -1.46. The van der Waals surface area contributed by atoms with Crippen molar-refractivity contribution in [3.63, 3.8) is 0 Å². The van der Waals surface area contributed by atoms with Crippen molar-refractivity contribution in [2.75, 3.05) is 0 Å². The number of ketones is 1. The number of carbonyl (C=O) groups excluding carboxylic acids is 1. The highest BCUT2D eigenvalue weighted by atomic mass is 16.4. The molecule has 0 aromatic rings. The number of rotatable bonds is 12. The third-order valence-electron chi connectivity index (χ3n) is 5.01. The second-order valence-corrected chi connectivity index (χ2v) is 7.59. The number of allylic oxidation sites excluding steroid dienone is 2. The molecule has 1 aliphatic rings. The molecule has 3 N–H and O–H groups in total. The normalized spacial score (nSPS) is 26.0. The van der Waals surface area contributed by atoms with E-state index in [1.165, 1.54) is 0 Å². The Labute approximate surface area is 156 Å². The Balaban J connectivity index is 2.58. The topological polar surface area (TPSA) is 94.8 Å². The second-order valence-electron chi connectivity index (χ2n) is 7.59. The van der Waals surface area contributed by atoms with Gasteiger partial charge in [-0.15, -0.1) is 0 Å². The summed E-state index contributed by atoms with van der Waals surface area (Å²) in [6.07, 6.45) is 12.5. The van der Waals surface area contributed by atoms with Crippen molar-refractivity contribution in [1.82, 2.24) is 0 Å². The van der Waals surface area contributed by atoms with E-state index in [2.05, 4.69) is 6.92 Å². The fourth-order valence-electron chi connectivity index (χ4n) is 3.39. The van der Waals surface area contributed by atoms with Crippen LogP contribution in [-0.2, 0) is 9.59 Å². The van der Waals surface area contributed by atoms with Gasteiger partial charge in [-0.3, -0.25) is 9.59 Å². The average Bonchev–Trinajstić information content (AvgIpc) is 2.82. The van der Waals surface area contributed by atoms with Gasteiger partial charge < -0.3 is 15.3 Å². The molecule has 1 aliphatic carbocycles. The van der Waals surface area contributed by atoms with Crippen LogP contribution in [0.2, 0.25) is 0 Å². The molecule has 4 atom stereocenters. The van der Waals surface area contributed by atoms with E-state index in [0.717, 1.165) is 19.3 Å². The van der Waals surface area contributed by atoms with E-state index in [1.807, 2.05) is 18.2 Å². The summed E-state index contributed by atoms with van der Waals surface area (Å²) < 4.78 is 0. The minimum Gasteiger partial charge on any atom is -0.481 e. The van der Waals surface area contributed by atoms with Crippen LogP contribution in [0.4, 0.5) is 0 Å². The van der Waals surface area contributed by atoms with Crippen LogP contribution in [0.3, 0.4) is 0 Å². The molecule has 5 heteroatoms. The molecule has 0 saturated heterocycles. The van der Waals surface area contributed by atoms with E-state index in [4.69, 9.17) is 5.11 Å². The molecule has 0 spiro atoms. The van der Waals surface area contributed by atoms with Gasteiger partial charge in [0.05, 0.1) is 11.7 Å². The summed E-state index contributed by atoms with van der Waals surface area (Å²) in [6.45, 7) is 3.88. The molecule has 0 aromatic heterocycles. The predicted octanol–water partition coefficient (Wildman–Crippen LogP) is 3.64. The molecule has 0 radical (unpaired) electrons. The van der Waals surface area contributed by atoms with E-state index in [0.29, 0.717) is 25.7 Å². The minimum absolute atomic E-state index is 0.0490. The zero-order valence-corrected chi connectivity index (χ0v) is 16.1. The van der Waals surface area contributed by atoms with Gasteiger partial charge in [0.1, 0.15) is 5.78 Å². The number of carbonyl (C=O) groups is 2. The Morgan fingerprint density at radius 2 is 2.00 bits per heavy atom. The van der Waals surface area contributed by atoms with Crippen molar-refractivity contribution in [3.05, 3.63) is 24.3 Å². The van der Waals surface area contributed by atoms with Gasteiger partial charge in [0.25, 0.3) is 0 Å². The van der Waals surface area contributed by atoms with Crippen LogP contribution in [0.5, 0.6) is 0 Å². The van der Waals surface area contributed by atoms with E-state index < -0.39 is 17.7 Å². The minimum atomic E-state index is -0.919. The Morgan fingerprint density at radius 1 is 1.27 bits per heavy atom. The van der Waals surface area contributed by atoms with Gasteiger partial charge in [-0.1, -0.05) is 50.5 Å². The maximum atomic E-state index is 12.2. The van der Waals surface area contributed by atoms with Crippen LogP contribution in [0, 0.1) is 11.8 Å². The smallest absolute Gasteiger partial charge is 0.303 e. The molecule has 0 heterocycles. The highest BCUT2D eigenvalue weighted by Crippen LogP contribution is 2.34. The van der Waals surface area contributed by atoms with Crippen molar-refractivity contribution in [1.29, 1.82) is 0 Å². The summed E-state index contributed by atoms with van der Waals surface area (Å²) in [6, 6.07) is 0. The van der Waals surface area contributed by atoms with Crippen molar-refractivity contribution < 1.29 is 24.9 Å². The van der Waals surface area contributed by atoms with Crippen LogP contribution in [0.15, 0.2) is 24.3 Å². The Kier molecular flexibility index (Phi) is 9.81. The predicted molar refractivity (Wildman–Crippen MR) is 102 cm³/mol. The Morgan fingerprint density at radius 3 is 2.65 bits per heavy atom. The fraction of sp³-hybridized carbons (Fsp3) is 0.714. The molecule has 0 aliphatic heterocycles. The number of aliphatic hydroxyl groups excluding tert-OH is 1. The van der Waals surface area contributed by atoms with E-state index in [-0.39, 0.29) is 30.5 Å². The lowest BCUT2D eigenvalue weighted by Crippen LogP contribution is -2.23. The average molecular weight is 366 g/mol. The molecule has 0 amide bonds. The quantitative estimate of drug-likeness (QED) is 0.362. The first-order valence-corrected chi connectivity index (χ1v) is 9.76. The largest absolute Gasteiger partial charge is 0.481 e. The second kappa shape index (κ2) is 11.3. The monoisotopic (exact) mass is 366 g/mol. The summed E-state index contributed by atoms with van der Waals surface area (Å²) in [5, 5.41) is 29.3. The molecule has 0 unspecified atom stereocenters. The molecule has 148 valence electrons. The van der Waals surface area contributed by atoms with Gasteiger partial charge in [-0.25, -0.2) is 0 Å².